The van der Waals surface area contributed by atoms with E-state index in [2.05, 4.69) is 10.4 Å². The van der Waals surface area contributed by atoms with E-state index >= 15 is 0 Å². The van der Waals surface area contributed by atoms with E-state index in [0.717, 1.165) is 19.5 Å². The van der Waals surface area contributed by atoms with Crippen LogP contribution < -0.4 is 5.32 Å². The molecule has 1 rings (SSSR count). The summed E-state index contributed by atoms with van der Waals surface area (Å²) in [6.45, 7) is 7.52. The minimum atomic E-state index is -0.637. The number of hydrogen-bond donors (Lipinski definition) is 1. The number of carbonyl (C=O) groups is 1. The highest BCUT2D eigenvalue weighted by Gasteiger charge is 2.33. The topological polar surface area (TPSA) is 56.2 Å². The van der Waals surface area contributed by atoms with Gasteiger partial charge >= 0.3 is 5.97 Å². The van der Waals surface area contributed by atoms with Gasteiger partial charge in [0.25, 0.3) is 0 Å². The lowest BCUT2D eigenvalue weighted by Crippen LogP contribution is -2.50. The molecule has 1 atom stereocenters. The molecule has 0 amide bonds. The molecule has 1 aromatic rings. The summed E-state index contributed by atoms with van der Waals surface area (Å²) in [7, 11) is 0. The minimum Gasteiger partial charge on any atom is -0.465 e. The second kappa shape index (κ2) is 7.50. The van der Waals surface area contributed by atoms with Crippen LogP contribution in [0.2, 0.25) is 5.02 Å². The second-order valence-electron chi connectivity index (χ2n) is 4.61. The van der Waals surface area contributed by atoms with E-state index < -0.39 is 5.54 Å². The lowest BCUT2D eigenvalue weighted by molar-refractivity contribution is -0.150. The van der Waals surface area contributed by atoms with Crippen LogP contribution in [0.1, 0.15) is 33.6 Å². The fourth-order valence-electron chi connectivity index (χ4n) is 2.00. The summed E-state index contributed by atoms with van der Waals surface area (Å²) in [4.78, 5) is 12.0. The van der Waals surface area contributed by atoms with Crippen LogP contribution in [-0.2, 0) is 16.1 Å². The van der Waals surface area contributed by atoms with Crippen molar-refractivity contribution in [2.45, 2.75) is 45.7 Å². The maximum absolute atomic E-state index is 12.0. The zero-order valence-corrected chi connectivity index (χ0v) is 12.5. The first-order valence-corrected chi connectivity index (χ1v) is 7.00. The lowest BCUT2D eigenvalue weighted by atomic mass is 9.95. The maximum Gasteiger partial charge on any atom is 0.326 e. The van der Waals surface area contributed by atoms with Crippen molar-refractivity contribution in [3.63, 3.8) is 0 Å². The number of ether oxygens (including phenoxy) is 1. The highest BCUT2D eigenvalue weighted by Crippen LogP contribution is 2.16. The van der Waals surface area contributed by atoms with Crippen molar-refractivity contribution in [1.82, 2.24) is 15.1 Å². The molecular weight excluding hydrogens is 266 g/mol. The molecule has 0 aliphatic rings. The van der Waals surface area contributed by atoms with Gasteiger partial charge in [-0.3, -0.25) is 9.48 Å². The number of halogens is 1. The number of rotatable bonds is 8. The molecule has 1 heterocycles. The smallest absolute Gasteiger partial charge is 0.326 e. The number of nitrogens with one attached hydrogen (secondary N) is 1. The SMILES string of the molecule is CCNC(C)(CCCn1cc(Cl)cn1)C(=O)OCC. The standard InChI is InChI=1S/C13H22ClN3O2/c1-4-15-13(3,12(18)19-5-2)7-6-8-17-10-11(14)9-16-17/h9-10,15H,4-8H2,1-3H3. The zero-order chi connectivity index (χ0) is 14.3. The van der Waals surface area contributed by atoms with Gasteiger partial charge in [0.1, 0.15) is 5.54 Å². The van der Waals surface area contributed by atoms with Gasteiger partial charge < -0.3 is 10.1 Å². The van der Waals surface area contributed by atoms with Crippen molar-refractivity contribution >= 4 is 17.6 Å². The Labute approximate surface area is 119 Å². The molecule has 0 aliphatic carbocycles. The lowest BCUT2D eigenvalue weighted by Gasteiger charge is -2.28. The van der Waals surface area contributed by atoms with Crippen LogP contribution in [0.5, 0.6) is 0 Å². The summed E-state index contributed by atoms with van der Waals surface area (Å²) < 4.78 is 6.90. The van der Waals surface area contributed by atoms with Crippen molar-refractivity contribution in [2.24, 2.45) is 0 Å². The molecule has 0 radical (unpaired) electrons. The van der Waals surface area contributed by atoms with Gasteiger partial charge in [-0.25, -0.2) is 0 Å². The quantitative estimate of drug-likeness (QED) is 0.745. The molecule has 1 aromatic heterocycles. The Balaban J connectivity index is 2.51. The Morgan fingerprint density at radius 2 is 2.32 bits per heavy atom. The normalized spacial score (nSPS) is 14.1. The Hall–Kier alpha value is -1.07. The fourth-order valence-corrected chi connectivity index (χ4v) is 2.15. The number of aromatic nitrogens is 2. The average molecular weight is 288 g/mol. The van der Waals surface area contributed by atoms with Crippen LogP contribution in [0, 0.1) is 0 Å². The van der Waals surface area contributed by atoms with E-state index in [9.17, 15) is 4.79 Å². The third-order valence-corrected chi connectivity index (χ3v) is 3.15. The van der Waals surface area contributed by atoms with Gasteiger partial charge in [0.05, 0.1) is 17.8 Å². The van der Waals surface area contributed by atoms with Gasteiger partial charge in [-0.1, -0.05) is 18.5 Å². The Morgan fingerprint density at radius 3 is 2.84 bits per heavy atom. The van der Waals surface area contributed by atoms with Crippen LogP contribution in [0.25, 0.3) is 0 Å². The highest BCUT2D eigenvalue weighted by molar-refractivity contribution is 6.30. The van der Waals surface area contributed by atoms with Crippen LogP contribution in [0.3, 0.4) is 0 Å². The summed E-state index contributed by atoms with van der Waals surface area (Å²) in [6, 6.07) is 0. The van der Waals surface area contributed by atoms with Gasteiger partial charge in [0.2, 0.25) is 0 Å². The van der Waals surface area contributed by atoms with E-state index in [-0.39, 0.29) is 5.97 Å². The van der Waals surface area contributed by atoms with E-state index in [1.165, 1.54) is 0 Å². The molecule has 0 spiro atoms. The third-order valence-electron chi connectivity index (χ3n) is 2.96. The summed E-state index contributed by atoms with van der Waals surface area (Å²) in [5.74, 6) is -0.199. The first kappa shape index (κ1) is 16.0. The molecule has 0 bridgehead atoms. The number of aryl methyl sites for hydroxylation is 1. The summed E-state index contributed by atoms with van der Waals surface area (Å²) in [5.41, 5.74) is -0.637. The Morgan fingerprint density at radius 1 is 1.58 bits per heavy atom. The number of nitrogens with zero attached hydrogens (tertiary/aromatic N) is 2. The maximum atomic E-state index is 12.0. The predicted octanol–water partition coefficient (Wildman–Crippen LogP) is 2.25. The predicted molar refractivity (Wildman–Crippen MR) is 75.2 cm³/mol. The molecule has 108 valence electrons. The molecule has 1 unspecified atom stereocenters. The third kappa shape index (κ3) is 4.84. The van der Waals surface area contributed by atoms with E-state index in [0.29, 0.717) is 18.1 Å². The first-order chi connectivity index (χ1) is 9.01. The fraction of sp³-hybridized carbons (Fsp3) is 0.692. The molecule has 0 saturated heterocycles. The molecule has 0 fully saturated rings. The van der Waals surface area contributed by atoms with Gasteiger partial charge in [-0.15, -0.1) is 0 Å². The van der Waals surface area contributed by atoms with Gasteiger partial charge in [0, 0.05) is 12.7 Å². The Bertz CT molecular complexity index is 408. The number of hydrogen-bond acceptors (Lipinski definition) is 4. The molecule has 6 heteroatoms. The molecule has 5 nitrogen and oxygen atoms in total. The summed E-state index contributed by atoms with van der Waals surface area (Å²) >= 11 is 5.80. The number of carbonyl (C=O) groups excluding carboxylic acids is 1. The Kier molecular flexibility index (Phi) is 6.31. The second-order valence-corrected chi connectivity index (χ2v) is 5.04. The van der Waals surface area contributed by atoms with E-state index in [1.807, 2.05) is 20.8 Å². The van der Waals surface area contributed by atoms with Crippen molar-refractivity contribution in [3.05, 3.63) is 17.4 Å². The molecule has 0 aromatic carbocycles. The molecule has 0 saturated carbocycles. The van der Waals surface area contributed by atoms with Crippen molar-refractivity contribution in [2.75, 3.05) is 13.2 Å². The number of likely N-dealkylation sites (N-methyl/N-ethyl adjacent to an activating group) is 1. The zero-order valence-electron chi connectivity index (χ0n) is 11.8. The van der Waals surface area contributed by atoms with E-state index in [4.69, 9.17) is 16.3 Å². The van der Waals surface area contributed by atoms with Crippen LogP contribution in [-0.4, -0.2) is 34.4 Å². The van der Waals surface area contributed by atoms with Crippen molar-refractivity contribution in [3.8, 4) is 0 Å². The first-order valence-electron chi connectivity index (χ1n) is 6.62. The number of esters is 1. The average Bonchev–Trinajstić information content (AvgIpc) is 2.76. The van der Waals surface area contributed by atoms with Crippen LogP contribution >= 0.6 is 11.6 Å². The van der Waals surface area contributed by atoms with E-state index in [1.54, 1.807) is 17.1 Å². The van der Waals surface area contributed by atoms with Crippen molar-refractivity contribution < 1.29 is 9.53 Å². The summed E-state index contributed by atoms with van der Waals surface area (Å²) in [5, 5.41) is 7.94. The molecule has 1 N–H and O–H groups in total. The molecular formula is C13H22ClN3O2. The van der Waals surface area contributed by atoms with Crippen LogP contribution in [0.15, 0.2) is 12.4 Å². The van der Waals surface area contributed by atoms with Gasteiger partial charge in [-0.05, 0) is 33.2 Å². The minimum absolute atomic E-state index is 0.199. The highest BCUT2D eigenvalue weighted by atomic mass is 35.5. The molecule has 19 heavy (non-hydrogen) atoms. The molecule has 0 aliphatic heterocycles. The monoisotopic (exact) mass is 287 g/mol. The van der Waals surface area contributed by atoms with Gasteiger partial charge in [-0.2, -0.15) is 5.10 Å². The summed E-state index contributed by atoms with van der Waals surface area (Å²) in [6.07, 6.45) is 4.89. The van der Waals surface area contributed by atoms with Crippen LogP contribution in [0.4, 0.5) is 0 Å². The largest absolute Gasteiger partial charge is 0.465 e. The van der Waals surface area contributed by atoms with Crippen molar-refractivity contribution in [1.29, 1.82) is 0 Å². The van der Waals surface area contributed by atoms with Gasteiger partial charge in [0.15, 0.2) is 0 Å².